The van der Waals surface area contributed by atoms with Gasteiger partial charge in [0, 0.05) is 49.7 Å². The Morgan fingerprint density at radius 2 is 1.89 bits per heavy atom. The van der Waals surface area contributed by atoms with E-state index in [0.717, 1.165) is 12.5 Å². The van der Waals surface area contributed by atoms with Crippen molar-refractivity contribution in [3.05, 3.63) is 35.5 Å². The average Bonchev–Trinajstić information content (AvgIpc) is 2.64. The first kappa shape index (κ1) is 22.0. The fourth-order valence-corrected chi connectivity index (χ4v) is 3.11. The number of hydrogen-bond acceptors (Lipinski definition) is 4. The third-order valence-corrected chi connectivity index (χ3v) is 4.62. The highest BCUT2D eigenvalue weighted by molar-refractivity contribution is 5.97. The predicted octanol–water partition coefficient (Wildman–Crippen LogP) is 4.58. The van der Waals surface area contributed by atoms with Crippen LogP contribution in [0.5, 0.6) is 5.75 Å². The first-order chi connectivity index (χ1) is 13.3. The molecule has 1 heterocycles. The van der Waals surface area contributed by atoms with Crippen LogP contribution in [-0.4, -0.2) is 48.2 Å². The third-order valence-electron chi connectivity index (χ3n) is 4.62. The van der Waals surface area contributed by atoms with E-state index < -0.39 is 11.6 Å². The summed E-state index contributed by atoms with van der Waals surface area (Å²) >= 11 is 0. The summed E-state index contributed by atoms with van der Waals surface area (Å²) in [4.78, 5) is 19.0. The smallest absolute Gasteiger partial charge is 0.273 e. The number of rotatable bonds is 9. The molecule has 0 N–H and O–H groups in total. The molecule has 1 amide bonds. The summed E-state index contributed by atoms with van der Waals surface area (Å²) in [5.74, 6) is -1.63. The standard InChI is InChI=1S/C21H28F2N2O3/c1-6-14(4)25(13(2)3)21(26)18-12-19(28-9-7-8-27-5)16-10-15(22)11-17(23)20(16)24-18/h10-14H,6-9H2,1-5H3/t14-/m1/s1. The molecule has 2 aromatic rings. The van der Waals surface area contributed by atoms with Crippen molar-refractivity contribution in [2.75, 3.05) is 20.3 Å². The topological polar surface area (TPSA) is 51.7 Å². The van der Waals surface area contributed by atoms with Crippen LogP contribution in [0, 0.1) is 11.6 Å². The normalized spacial score (nSPS) is 12.4. The van der Waals surface area contributed by atoms with Gasteiger partial charge in [0.25, 0.3) is 5.91 Å². The van der Waals surface area contributed by atoms with E-state index in [2.05, 4.69) is 4.98 Å². The summed E-state index contributed by atoms with van der Waals surface area (Å²) in [7, 11) is 1.58. The van der Waals surface area contributed by atoms with E-state index in [1.54, 1.807) is 12.0 Å². The minimum absolute atomic E-state index is 0.00543. The van der Waals surface area contributed by atoms with Crippen LogP contribution in [0.3, 0.4) is 0 Å². The molecule has 0 fully saturated rings. The van der Waals surface area contributed by atoms with Gasteiger partial charge < -0.3 is 14.4 Å². The Kier molecular flexibility index (Phi) is 7.69. The third kappa shape index (κ3) is 4.95. The van der Waals surface area contributed by atoms with E-state index in [1.165, 1.54) is 12.1 Å². The van der Waals surface area contributed by atoms with E-state index >= 15 is 0 Å². The van der Waals surface area contributed by atoms with Gasteiger partial charge in [0.05, 0.1) is 6.61 Å². The maximum atomic E-state index is 14.4. The van der Waals surface area contributed by atoms with E-state index in [-0.39, 0.29) is 46.9 Å². The van der Waals surface area contributed by atoms with Crippen molar-refractivity contribution in [3.63, 3.8) is 0 Å². The number of benzene rings is 1. The number of ether oxygens (including phenoxy) is 2. The van der Waals surface area contributed by atoms with E-state index in [0.29, 0.717) is 13.0 Å². The zero-order valence-electron chi connectivity index (χ0n) is 17.1. The van der Waals surface area contributed by atoms with Crippen LogP contribution in [0.2, 0.25) is 0 Å². The summed E-state index contributed by atoms with van der Waals surface area (Å²) in [6.07, 6.45) is 1.38. The molecule has 154 valence electrons. The van der Waals surface area contributed by atoms with Gasteiger partial charge in [-0.25, -0.2) is 13.8 Å². The van der Waals surface area contributed by atoms with Crippen LogP contribution < -0.4 is 4.74 Å². The molecule has 1 aromatic carbocycles. The Hall–Kier alpha value is -2.28. The van der Waals surface area contributed by atoms with Crippen LogP contribution >= 0.6 is 0 Å². The van der Waals surface area contributed by atoms with Crippen molar-refractivity contribution in [3.8, 4) is 5.75 Å². The molecular formula is C21H28F2N2O3. The van der Waals surface area contributed by atoms with Crippen molar-refractivity contribution in [2.24, 2.45) is 0 Å². The van der Waals surface area contributed by atoms with Crippen LogP contribution in [0.1, 0.15) is 51.0 Å². The van der Waals surface area contributed by atoms with Crippen molar-refractivity contribution in [1.82, 2.24) is 9.88 Å². The summed E-state index contributed by atoms with van der Waals surface area (Å²) in [5.41, 5.74) is -0.00408. The number of fused-ring (bicyclic) bond motifs is 1. The first-order valence-electron chi connectivity index (χ1n) is 9.54. The molecule has 0 saturated heterocycles. The lowest BCUT2D eigenvalue weighted by molar-refractivity contribution is 0.0615. The van der Waals surface area contributed by atoms with Gasteiger partial charge in [-0.15, -0.1) is 0 Å². The molecule has 5 nitrogen and oxygen atoms in total. The van der Waals surface area contributed by atoms with Crippen LogP contribution in [0.25, 0.3) is 10.9 Å². The molecule has 28 heavy (non-hydrogen) atoms. The minimum atomic E-state index is -0.828. The highest BCUT2D eigenvalue weighted by atomic mass is 19.1. The maximum absolute atomic E-state index is 14.4. The summed E-state index contributed by atoms with van der Waals surface area (Å²) in [6.45, 7) is 8.57. The lowest BCUT2D eigenvalue weighted by Crippen LogP contribution is -2.43. The number of pyridine rings is 1. The highest BCUT2D eigenvalue weighted by Gasteiger charge is 2.26. The lowest BCUT2D eigenvalue weighted by atomic mass is 10.1. The first-order valence-corrected chi connectivity index (χ1v) is 9.54. The number of carbonyl (C=O) groups is 1. The van der Waals surface area contributed by atoms with Gasteiger partial charge in [0.2, 0.25) is 0 Å². The molecule has 0 radical (unpaired) electrons. The number of hydrogen-bond donors (Lipinski definition) is 0. The molecule has 0 aliphatic carbocycles. The molecule has 0 saturated carbocycles. The van der Waals surface area contributed by atoms with Gasteiger partial charge in [-0.3, -0.25) is 4.79 Å². The summed E-state index contributed by atoms with van der Waals surface area (Å²) in [6, 6.07) is 3.33. The molecule has 0 aliphatic heterocycles. The molecule has 2 rings (SSSR count). The second kappa shape index (κ2) is 9.78. The Bertz CT molecular complexity index is 827. The fourth-order valence-electron chi connectivity index (χ4n) is 3.11. The van der Waals surface area contributed by atoms with Gasteiger partial charge in [-0.1, -0.05) is 6.92 Å². The van der Waals surface area contributed by atoms with Crippen LogP contribution in [0.15, 0.2) is 18.2 Å². The predicted molar refractivity (Wildman–Crippen MR) is 105 cm³/mol. The Morgan fingerprint density at radius 3 is 2.50 bits per heavy atom. The van der Waals surface area contributed by atoms with E-state index in [9.17, 15) is 13.6 Å². The molecule has 0 aliphatic rings. The summed E-state index contributed by atoms with van der Waals surface area (Å²) in [5, 5.41) is 0.200. The van der Waals surface area contributed by atoms with Gasteiger partial charge in [0.15, 0.2) is 5.82 Å². The number of carbonyl (C=O) groups excluding carboxylic acids is 1. The highest BCUT2D eigenvalue weighted by Crippen LogP contribution is 2.29. The second-order valence-corrected chi connectivity index (χ2v) is 7.05. The number of amides is 1. The molecule has 1 aromatic heterocycles. The largest absolute Gasteiger partial charge is 0.493 e. The van der Waals surface area contributed by atoms with Crippen LogP contribution in [0.4, 0.5) is 8.78 Å². The number of nitrogens with zero attached hydrogens (tertiary/aromatic N) is 2. The van der Waals surface area contributed by atoms with E-state index in [4.69, 9.17) is 9.47 Å². The molecule has 0 spiro atoms. The lowest BCUT2D eigenvalue weighted by Gasteiger charge is -2.32. The molecule has 0 unspecified atom stereocenters. The van der Waals surface area contributed by atoms with Crippen molar-refractivity contribution in [2.45, 2.75) is 52.6 Å². The van der Waals surface area contributed by atoms with Gasteiger partial charge in [-0.05, 0) is 33.3 Å². The average molecular weight is 394 g/mol. The van der Waals surface area contributed by atoms with Crippen molar-refractivity contribution in [1.29, 1.82) is 0 Å². The SMILES string of the molecule is CC[C@@H](C)N(C(=O)c1cc(OCCCOC)c2cc(F)cc(F)c2n1)C(C)C. The summed E-state index contributed by atoms with van der Waals surface area (Å²) < 4.78 is 38.9. The maximum Gasteiger partial charge on any atom is 0.273 e. The zero-order valence-corrected chi connectivity index (χ0v) is 17.1. The molecular weight excluding hydrogens is 366 g/mol. The number of methoxy groups -OCH3 is 1. The fraction of sp³-hybridized carbons (Fsp3) is 0.524. The van der Waals surface area contributed by atoms with E-state index in [1.807, 2.05) is 27.7 Å². The van der Waals surface area contributed by atoms with Gasteiger partial charge >= 0.3 is 0 Å². The number of aromatic nitrogens is 1. The van der Waals surface area contributed by atoms with Gasteiger partial charge in [0.1, 0.15) is 22.8 Å². The van der Waals surface area contributed by atoms with Crippen molar-refractivity contribution < 1.29 is 23.0 Å². The quantitative estimate of drug-likeness (QED) is 0.585. The molecule has 7 heteroatoms. The Morgan fingerprint density at radius 1 is 1.18 bits per heavy atom. The Labute approximate surface area is 164 Å². The second-order valence-electron chi connectivity index (χ2n) is 7.05. The molecule has 0 bridgehead atoms. The zero-order chi connectivity index (χ0) is 20.8. The number of halogens is 2. The molecule has 1 atom stereocenters. The Balaban J connectivity index is 2.52. The van der Waals surface area contributed by atoms with Crippen LogP contribution in [-0.2, 0) is 4.74 Å². The van der Waals surface area contributed by atoms with Gasteiger partial charge in [-0.2, -0.15) is 0 Å². The monoisotopic (exact) mass is 394 g/mol. The minimum Gasteiger partial charge on any atom is -0.493 e. The van der Waals surface area contributed by atoms with Crippen molar-refractivity contribution >= 4 is 16.8 Å².